The number of benzene rings is 1. The molecule has 25 heavy (non-hydrogen) atoms. The van der Waals surface area contributed by atoms with Crippen LogP contribution in [0.25, 0.3) is 0 Å². The Bertz CT molecular complexity index is 745. The number of aromatic nitrogens is 2. The molecule has 130 valence electrons. The van der Waals surface area contributed by atoms with Crippen LogP contribution >= 0.6 is 0 Å². The lowest BCUT2D eigenvalue weighted by atomic mass is 9.92. The molecule has 7 heteroatoms. The van der Waals surface area contributed by atoms with E-state index in [0.29, 0.717) is 23.1 Å². The van der Waals surface area contributed by atoms with Crippen LogP contribution in [-0.4, -0.2) is 34.8 Å². The number of nitrogens with zero attached hydrogens (tertiary/aromatic N) is 2. The lowest BCUT2D eigenvalue weighted by Gasteiger charge is -2.28. The molecule has 4 rings (SSSR count). The maximum Gasteiger partial charge on any atom is 0.316 e. The van der Waals surface area contributed by atoms with Crippen molar-refractivity contribution in [1.29, 1.82) is 0 Å². The average Bonchev–Trinajstić information content (AvgIpc) is 3.12. The van der Waals surface area contributed by atoms with Crippen LogP contribution in [0.4, 0.5) is 0 Å². The second kappa shape index (κ2) is 6.96. The minimum Gasteiger partial charge on any atom is -0.460 e. The van der Waals surface area contributed by atoms with Crippen molar-refractivity contribution in [2.24, 2.45) is 0 Å². The number of nitrogens with one attached hydrogen (secondary N) is 1. The van der Waals surface area contributed by atoms with Crippen molar-refractivity contribution in [3.8, 4) is 17.5 Å². The molecule has 0 unspecified atom stereocenters. The monoisotopic (exact) mass is 341 g/mol. The van der Waals surface area contributed by atoms with Gasteiger partial charge in [-0.1, -0.05) is 0 Å². The van der Waals surface area contributed by atoms with Crippen molar-refractivity contribution in [3.05, 3.63) is 42.2 Å². The van der Waals surface area contributed by atoms with Crippen LogP contribution in [0.2, 0.25) is 0 Å². The Hall–Kier alpha value is -2.83. The highest BCUT2D eigenvalue weighted by atomic mass is 16.7. The van der Waals surface area contributed by atoms with E-state index in [9.17, 15) is 4.79 Å². The Kier molecular flexibility index (Phi) is 4.37. The normalized spacial score (nSPS) is 21.6. The summed E-state index contributed by atoms with van der Waals surface area (Å²) in [5.41, 5.74) is 0.584. The number of fused-ring (bicyclic) bond motifs is 1. The Morgan fingerprint density at radius 2 is 1.84 bits per heavy atom. The van der Waals surface area contributed by atoms with Crippen LogP contribution in [0.5, 0.6) is 17.5 Å². The van der Waals surface area contributed by atoms with E-state index in [-0.39, 0.29) is 24.8 Å². The molecular formula is C18H19N3O4. The van der Waals surface area contributed by atoms with Crippen LogP contribution < -0.4 is 19.5 Å². The zero-order chi connectivity index (χ0) is 17.1. The minimum absolute atomic E-state index is 0.0888. The van der Waals surface area contributed by atoms with Crippen LogP contribution in [0, 0.1) is 0 Å². The minimum atomic E-state index is -0.0888. The van der Waals surface area contributed by atoms with Gasteiger partial charge in [-0.3, -0.25) is 4.79 Å². The number of carbonyl (C=O) groups is 1. The summed E-state index contributed by atoms with van der Waals surface area (Å²) < 4.78 is 16.4. The van der Waals surface area contributed by atoms with Crippen molar-refractivity contribution in [3.63, 3.8) is 0 Å². The standard InChI is InChI=1S/C18H19N3O4/c22-17(12-2-7-15-16(10-12)24-11-23-15)21-13-3-5-14(6-4-13)25-18-19-8-1-9-20-18/h1-2,7-10,13-14H,3-6,11H2,(H,21,22). The first kappa shape index (κ1) is 15.7. The second-order valence-electron chi connectivity index (χ2n) is 6.16. The molecule has 0 atom stereocenters. The third kappa shape index (κ3) is 3.65. The molecule has 7 nitrogen and oxygen atoms in total. The zero-order valence-electron chi connectivity index (χ0n) is 13.7. The van der Waals surface area contributed by atoms with Crippen molar-refractivity contribution in [1.82, 2.24) is 15.3 Å². The molecule has 0 bridgehead atoms. The highest BCUT2D eigenvalue weighted by molar-refractivity contribution is 5.95. The van der Waals surface area contributed by atoms with E-state index in [1.807, 2.05) is 0 Å². The topological polar surface area (TPSA) is 82.6 Å². The molecule has 1 saturated carbocycles. The second-order valence-corrected chi connectivity index (χ2v) is 6.16. The van der Waals surface area contributed by atoms with E-state index in [4.69, 9.17) is 14.2 Å². The van der Waals surface area contributed by atoms with Gasteiger partial charge >= 0.3 is 6.01 Å². The summed E-state index contributed by atoms with van der Waals surface area (Å²) in [6.45, 7) is 0.204. The van der Waals surface area contributed by atoms with Crippen LogP contribution in [-0.2, 0) is 0 Å². The van der Waals surface area contributed by atoms with E-state index in [0.717, 1.165) is 25.7 Å². The Morgan fingerprint density at radius 3 is 2.64 bits per heavy atom. The fraction of sp³-hybridized carbons (Fsp3) is 0.389. The quantitative estimate of drug-likeness (QED) is 0.919. The van der Waals surface area contributed by atoms with Gasteiger partial charge in [-0.25, -0.2) is 9.97 Å². The van der Waals surface area contributed by atoms with Gasteiger partial charge in [-0.2, -0.15) is 0 Å². The molecule has 0 spiro atoms. The van der Waals surface area contributed by atoms with Gasteiger partial charge in [0.15, 0.2) is 11.5 Å². The number of carbonyl (C=O) groups excluding carboxylic acids is 1. The fourth-order valence-corrected chi connectivity index (χ4v) is 3.13. The van der Waals surface area contributed by atoms with E-state index in [1.165, 1.54) is 0 Å². The predicted molar refractivity (Wildman–Crippen MR) is 88.7 cm³/mol. The molecule has 1 fully saturated rings. The predicted octanol–water partition coefficient (Wildman–Crippen LogP) is 2.33. The summed E-state index contributed by atoms with van der Waals surface area (Å²) in [7, 11) is 0. The average molecular weight is 341 g/mol. The van der Waals surface area contributed by atoms with Gasteiger partial charge in [-0.15, -0.1) is 0 Å². The largest absolute Gasteiger partial charge is 0.460 e. The third-order valence-electron chi connectivity index (χ3n) is 4.46. The molecule has 1 N–H and O–H groups in total. The molecule has 1 amide bonds. The van der Waals surface area contributed by atoms with Gasteiger partial charge in [0.1, 0.15) is 6.10 Å². The third-order valence-corrected chi connectivity index (χ3v) is 4.46. The first-order valence-corrected chi connectivity index (χ1v) is 8.42. The molecule has 2 aromatic rings. The first-order chi connectivity index (χ1) is 12.3. The number of rotatable bonds is 4. The van der Waals surface area contributed by atoms with Gasteiger partial charge in [-0.05, 0) is 49.9 Å². The highest BCUT2D eigenvalue weighted by Crippen LogP contribution is 2.32. The maximum atomic E-state index is 12.4. The summed E-state index contributed by atoms with van der Waals surface area (Å²) in [5.74, 6) is 1.21. The SMILES string of the molecule is O=C(NC1CCC(Oc2ncccn2)CC1)c1ccc2c(c1)OCO2. The van der Waals surface area contributed by atoms with Crippen LogP contribution in [0.1, 0.15) is 36.0 Å². The fourth-order valence-electron chi connectivity index (χ4n) is 3.13. The van der Waals surface area contributed by atoms with E-state index in [1.54, 1.807) is 36.7 Å². The molecule has 0 saturated heterocycles. The zero-order valence-corrected chi connectivity index (χ0v) is 13.7. The Labute approximate surface area is 145 Å². The summed E-state index contributed by atoms with van der Waals surface area (Å²) >= 11 is 0. The lowest BCUT2D eigenvalue weighted by molar-refractivity contribution is 0.0884. The maximum absolute atomic E-state index is 12.4. The van der Waals surface area contributed by atoms with Gasteiger partial charge in [0.05, 0.1) is 0 Å². The molecule has 0 radical (unpaired) electrons. The number of hydrogen-bond acceptors (Lipinski definition) is 6. The van der Waals surface area contributed by atoms with Crippen LogP contribution in [0.3, 0.4) is 0 Å². The highest BCUT2D eigenvalue weighted by Gasteiger charge is 2.25. The molecule has 1 aromatic heterocycles. The van der Waals surface area contributed by atoms with Gasteiger partial charge in [0.2, 0.25) is 6.79 Å². The molecule has 2 aliphatic rings. The van der Waals surface area contributed by atoms with Crippen molar-refractivity contribution in [2.75, 3.05) is 6.79 Å². The van der Waals surface area contributed by atoms with Crippen molar-refractivity contribution < 1.29 is 19.0 Å². The van der Waals surface area contributed by atoms with Crippen LogP contribution in [0.15, 0.2) is 36.7 Å². The molecule has 2 heterocycles. The van der Waals surface area contributed by atoms with E-state index < -0.39 is 0 Å². The van der Waals surface area contributed by atoms with E-state index >= 15 is 0 Å². The van der Waals surface area contributed by atoms with Gasteiger partial charge in [0.25, 0.3) is 5.91 Å². The molecular weight excluding hydrogens is 322 g/mol. The number of amides is 1. The van der Waals surface area contributed by atoms with E-state index in [2.05, 4.69) is 15.3 Å². The van der Waals surface area contributed by atoms with Gasteiger partial charge in [0, 0.05) is 24.0 Å². The molecule has 1 aliphatic carbocycles. The first-order valence-electron chi connectivity index (χ1n) is 8.42. The van der Waals surface area contributed by atoms with Crippen molar-refractivity contribution >= 4 is 5.91 Å². The molecule has 1 aromatic carbocycles. The van der Waals surface area contributed by atoms with Gasteiger partial charge < -0.3 is 19.5 Å². The summed E-state index contributed by atoms with van der Waals surface area (Å²) in [4.78, 5) is 20.6. The summed E-state index contributed by atoms with van der Waals surface area (Å²) in [6.07, 6.45) is 6.90. The molecule has 1 aliphatic heterocycles. The van der Waals surface area contributed by atoms with Crippen molar-refractivity contribution in [2.45, 2.75) is 37.8 Å². The summed E-state index contributed by atoms with van der Waals surface area (Å²) in [5, 5.41) is 3.09. The smallest absolute Gasteiger partial charge is 0.316 e. The Balaban J connectivity index is 1.29. The lowest BCUT2D eigenvalue weighted by Crippen LogP contribution is -2.39. The number of hydrogen-bond donors (Lipinski definition) is 1. The Morgan fingerprint density at radius 1 is 1.08 bits per heavy atom. The number of ether oxygens (including phenoxy) is 3. The summed E-state index contributed by atoms with van der Waals surface area (Å²) in [6, 6.07) is 7.56.